The minimum absolute atomic E-state index is 0.145. The predicted molar refractivity (Wildman–Crippen MR) is 280 cm³/mol. The van der Waals surface area contributed by atoms with Gasteiger partial charge in [-0.1, -0.05) is 66.7 Å². The van der Waals surface area contributed by atoms with Crippen molar-refractivity contribution in [1.29, 1.82) is 42.1 Å². The van der Waals surface area contributed by atoms with Crippen molar-refractivity contribution < 1.29 is 13.2 Å². The van der Waals surface area contributed by atoms with Gasteiger partial charge < -0.3 is 9.13 Å². The summed E-state index contributed by atoms with van der Waals surface area (Å²) in [5, 5.41) is 84.9. The van der Waals surface area contributed by atoms with E-state index in [9.17, 15) is 55.3 Å². The monoisotopic (exact) mass is 980 g/mol. The van der Waals surface area contributed by atoms with Crippen LogP contribution in [0.2, 0.25) is 0 Å². The van der Waals surface area contributed by atoms with Crippen LogP contribution in [0.15, 0.2) is 164 Å². The Morgan fingerprint density at radius 3 is 1.25 bits per heavy atom. The molecular weight excluding hydrogens is 954 g/mol. The van der Waals surface area contributed by atoms with E-state index in [1.807, 2.05) is 106 Å². The van der Waals surface area contributed by atoms with Crippen molar-refractivity contribution >= 4 is 43.6 Å². The number of nitriles is 8. The second-order valence-electron chi connectivity index (χ2n) is 17.6. The molecule has 0 N–H and O–H groups in total. The molecule has 0 amide bonds. The molecule has 0 spiro atoms. The van der Waals surface area contributed by atoms with E-state index in [1.165, 1.54) is 30.3 Å². The Kier molecular flexibility index (Phi) is 11.1. The quantitative estimate of drug-likeness (QED) is 0.157. The summed E-state index contributed by atoms with van der Waals surface area (Å²) in [6.07, 6.45) is -4.72. The van der Waals surface area contributed by atoms with Crippen LogP contribution in [0.5, 0.6) is 0 Å². The lowest BCUT2D eigenvalue weighted by Gasteiger charge is -2.21. The molecular formula is C63H27F3N10. The van der Waals surface area contributed by atoms with E-state index in [4.69, 9.17) is 0 Å². The highest BCUT2D eigenvalue weighted by Crippen LogP contribution is 2.46. The van der Waals surface area contributed by atoms with Crippen LogP contribution in [0.3, 0.4) is 0 Å². The van der Waals surface area contributed by atoms with E-state index in [1.54, 1.807) is 42.5 Å². The molecule has 0 aliphatic heterocycles. The summed E-state index contributed by atoms with van der Waals surface area (Å²) in [5.74, 6) is 0. The molecule has 0 unspecified atom stereocenters. The van der Waals surface area contributed by atoms with E-state index in [-0.39, 0.29) is 50.1 Å². The Balaban J connectivity index is 1.23. The molecule has 13 heteroatoms. The predicted octanol–water partition coefficient (Wildman–Crippen LogP) is 14.5. The van der Waals surface area contributed by atoms with Crippen molar-refractivity contribution in [3.05, 3.63) is 214 Å². The highest BCUT2D eigenvalue weighted by atomic mass is 19.4. The summed E-state index contributed by atoms with van der Waals surface area (Å²) < 4.78 is 46.3. The fraction of sp³-hybridized carbons (Fsp3) is 0.0159. The van der Waals surface area contributed by atoms with Gasteiger partial charge in [-0.2, -0.15) is 55.3 Å². The van der Waals surface area contributed by atoms with E-state index < -0.39 is 11.7 Å². The van der Waals surface area contributed by atoms with Gasteiger partial charge in [-0.05, 0) is 119 Å². The van der Waals surface area contributed by atoms with Crippen LogP contribution < -0.4 is 0 Å². The lowest BCUT2D eigenvalue weighted by Crippen LogP contribution is -2.06. The first-order valence-electron chi connectivity index (χ1n) is 23.1. The van der Waals surface area contributed by atoms with Gasteiger partial charge in [0.05, 0.1) is 132 Å². The molecule has 76 heavy (non-hydrogen) atoms. The van der Waals surface area contributed by atoms with Crippen LogP contribution in [0.25, 0.3) is 99.5 Å². The third-order valence-electron chi connectivity index (χ3n) is 13.6. The van der Waals surface area contributed by atoms with Crippen LogP contribution in [0, 0.1) is 90.6 Å². The number of para-hydroxylation sites is 2. The lowest BCUT2D eigenvalue weighted by molar-refractivity contribution is -0.137. The van der Waals surface area contributed by atoms with Crippen molar-refractivity contribution in [3.63, 3.8) is 0 Å². The van der Waals surface area contributed by atoms with Crippen molar-refractivity contribution in [2.75, 3.05) is 0 Å². The molecule has 11 rings (SSSR count). The second-order valence-corrected chi connectivity index (χ2v) is 17.6. The van der Waals surface area contributed by atoms with Gasteiger partial charge in [0.2, 0.25) is 0 Å². The van der Waals surface area contributed by atoms with Crippen LogP contribution in [-0.4, -0.2) is 9.13 Å². The molecule has 0 saturated carbocycles. The molecule has 9 aromatic carbocycles. The minimum atomic E-state index is -4.72. The van der Waals surface area contributed by atoms with Crippen LogP contribution in [-0.2, 0) is 6.18 Å². The van der Waals surface area contributed by atoms with Crippen molar-refractivity contribution in [3.8, 4) is 104 Å². The van der Waals surface area contributed by atoms with Crippen LogP contribution in [0.1, 0.15) is 50.1 Å². The molecule has 10 nitrogen and oxygen atoms in total. The Morgan fingerprint density at radius 2 is 0.776 bits per heavy atom. The number of hydrogen-bond donors (Lipinski definition) is 0. The Bertz CT molecular complexity index is 4680. The number of hydrogen-bond acceptors (Lipinski definition) is 8. The molecule has 0 fully saturated rings. The fourth-order valence-electron chi connectivity index (χ4n) is 10.4. The molecule has 2 heterocycles. The van der Waals surface area contributed by atoms with Crippen molar-refractivity contribution in [1.82, 2.24) is 9.13 Å². The molecule has 0 aliphatic rings. The van der Waals surface area contributed by atoms with Crippen LogP contribution >= 0.6 is 0 Å². The number of nitrogens with zero attached hydrogens (tertiary/aromatic N) is 10. The Morgan fingerprint density at radius 1 is 0.316 bits per heavy atom. The molecule has 0 saturated heterocycles. The third kappa shape index (κ3) is 7.36. The summed E-state index contributed by atoms with van der Waals surface area (Å²) in [4.78, 5) is 0. The number of fused-ring (bicyclic) bond motifs is 6. The number of rotatable bonds is 6. The largest absolute Gasteiger partial charge is 0.416 e. The number of benzene rings is 9. The highest BCUT2D eigenvalue weighted by Gasteiger charge is 2.32. The molecule has 350 valence electrons. The zero-order chi connectivity index (χ0) is 53.0. The number of halogens is 3. The zero-order valence-corrected chi connectivity index (χ0v) is 39.2. The molecule has 0 radical (unpaired) electrons. The van der Waals surface area contributed by atoms with Gasteiger partial charge in [0, 0.05) is 43.8 Å². The lowest BCUT2D eigenvalue weighted by atomic mass is 9.91. The van der Waals surface area contributed by atoms with Gasteiger partial charge in [-0.3, -0.25) is 0 Å². The maximum absolute atomic E-state index is 14.1. The van der Waals surface area contributed by atoms with E-state index in [0.717, 1.165) is 39.2 Å². The van der Waals surface area contributed by atoms with E-state index >= 15 is 0 Å². The van der Waals surface area contributed by atoms with Gasteiger partial charge in [-0.15, -0.1) is 0 Å². The van der Waals surface area contributed by atoms with Gasteiger partial charge in [0.25, 0.3) is 0 Å². The van der Waals surface area contributed by atoms with Crippen LogP contribution in [0.4, 0.5) is 13.2 Å². The third-order valence-corrected chi connectivity index (χ3v) is 13.6. The first-order valence-corrected chi connectivity index (χ1v) is 23.1. The SMILES string of the molecule is N#Cc1cc(C#N)c(-c2ccc3c(c2)c2ccccc2n3-c2ccc(-c3ccc(C(F)(F)F)cc3C#N)cc2-c2c(C#N)cccc2-n2c3ccccc3c3cc(-c4c(C#N)cc(C#N)cc4C#N)ccc32)c(C#N)c1. The first-order chi connectivity index (χ1) is 37.0. The summed E-state index contributed by atoms with van der Waals surface area (Å²) in [7, 11) is 0. The summed E-state index contributed by atoms with van der Waals surface area (Å²) in [6, 6.07) is 62.6. The van der Waals surface area contributed by atoms with Gasteiger partial charge in [0.1, 0.15) is 0 Å². The Hall–Kier alpha value is -11.7. The Labute approximate surface area is 430 Å². The van der Waals surface area contributed by atoms with E-state index in [2.05, 4.69) is 30.3 Å². The smallest absolute Gasteiger partial charge is 0.309 e. The maximum Gasteiger partial charge on any atom is 0.416 e. The topological polar surface area (TPSA) is 200 Å². The van der Waals surface area contributed by atoms with Gasteiger partial charge in [0.15, 0.2) is 0 Å². The summed E-state index contributed by atoms with van der Waals surface area (Å²) in [6.45, 7) is 0. The summed E-state index contributed by atoms with van der Waals surface area (Å²) in [5.41, 5.74) is 7.15. The minimum Gasteiger partial charge on any atom is -0.309 e. The first kappa shape index (κ1) is 46.7. The van der Waals surface area contributed by atoms with Gasteiger partial charge >= 0.3 is 6.18 Å². The van der Waals surface area contributed by atoms with Gasteiger partial charge in [-0.25, -0.2) is 0 Å². The number of alkyl halides is 3. The normalized spacial score (nSPS) is 11.0. The average molecular weight is 981 g/mol. The van der Waals surface area contributed by atoms with Crippen molar-refractivity contribution in [2.45, 2.75) is 6.18 Å². The molecule has 2 aromatic heterocycles. The zero-order valence-electron chi connectivity index (χ0n) is 39.2. The molecule has 0 bridgehead atoms. The van der Waals surface area contributed by atoms with Crippen molar-refractivity contribution in [2.24, 2.45) is 0 Å². The fourth-order valence-corrected chi connectivity index (χ4v) is 10.4. The molecule has 11 aromatic rings. The highest BCUT2D eigenvalue weighted by molar-refractivity contribution is 6.13. The second kappa shape index (κ2) is 18.2. The molecule has 0 aliphatic carbocycles. The summed E-state index contributed by atoms with van der Waals surface area (Å²) >= 11 is 0. The average Bonchev–Trinajstić information content (AvgIpc) is 4.04. The van der Waals surface area contributed by atoms with E-state index in [0.29, 0.717) is 66.9 Å². The molecule has 0 atom stereocenters. The standard InChI is InChI=1S/C63H27F3N10/c64-63(65,66)47-15-16-48(42(24-47)31-70)38-12-17-58(75-54-9-3-1-7-49(54)51-26-39(13-18-56(51)75)60-43(32-71)20-36(28-67)21-44(60)33-72)53(25-38)62-41(30-69)6-5-11-59(62)76-55-10-4-2-8-50(55)52-27-40(14-19-57(52)76)61-45(34-73)22-37(29-68)23-46(61)35-74/h1-27H. The number of aromatic nitrogens is 2. The maximum atomic E-state index is 14.1.